The molecule has 0 saturated heterocycles. The molecule has 0 radical (unpaired) electrons. The first-order chi connectivity index (χ1) is 13.0. The highest BCUT2D eigenvalue weighted by Crippen LogP contribution is 2.48. The number of rotatable bonds is 5. The molecule has 0 aromatic heterocycles. The van der Waals surface area contributed by atoms with Gasteiger partial charge in [0.15, 0.2) is 11.5 Å². The van der Waals surface area contributed by atoms with E-state index in [1.54, 1.807) is 35.4 Å². The Bertz CT molecular complexity index is 862. The van der Waals surface area contributed by atoms with Gasteiger partial charge in [-0.05, 0) is 35.7 Å². The summed E-state index contributed by atoms with van der Waals surface area (Å²) < 4.78 is 22.3. The second-order valence-electron chi connectivity index (χ2n) is 6.35. The van der Waals surface area contributed by atoms with Gasteiger partial charge in [-0.25, -0.2) is 0 Å². The number of methoxy groups -OCH3 is 4. The van der Waals surface area contributed by atoms with Crippen LogP contribution >= 0.6 is 0 Å². The van der Waals surface area contributed by atoms with E-state index >= 15 is 0 Å². The summed E-state index contributed by atoms with van der Waals surface area (Å²) in [5.74, 6) is 2.58. The van der Waals surface area contributed by atoms with E-state index in [1.807, 2.05) is 29.2 Å². The summed E-state index contributed by atoms with van der Waals surface area (Å²) in [6, 6.07) is 7.78. The van der Waals surface area contributed by atoms with E-state index < -0.39 is 0 Å². The van der Waals surface area contributed by atoms with Gasteiger partial charge in [-0.2, -0.15) is 0 Å². The average Bonchev–Trinajstić information content (AvgIpc) is 2.70. The molecule has 144 valence electrons. The largest absolute Gasteiger partial charge is 0.496 e. The van der Waals surface area contributed by atoms with Crippen LogP contribution in [0.2, 0.25) is 0 Å². The van der Waals surface area contributed by atoms with E-state index in [0.717, 1.165) is 34.4 Å². The molecule has 1 aliphatic heterocycles. The molecular weight excluding hydrogens is 346 g/mol. The summed E-state index contributed by atoms with van der Waals surface area (Å²) in [5, 5.41) is 0. The van der Waals surface area contributed by atoms with Crippen LogP contribution in [-0.2, 0) is 17.8 Å². The number of benzene rings is 2. The number of amides is 1. The van der Waals surface area contributed by atoms with Crippen molar-refractivity contribution < 1.29 is 23.7 Å². The fourth-order valence-electron chi connectivity index (χ4n) is 3.67. The fraction of sp³-hybridized carbons (Fsp3) is 0.381. The van der Waals surface area contributed by atoms with Crippen LogP contribution in [-0.4, -0.2) is 45.8 Å². The van der Waals surface area contributed by atoms with Crippen molar-refractivity contribution in [2.45, 2.75) is 19.9 Å². The van der Waals surface area contributed by atoms with Gasteiger partial charge in [-0.1, -0.05) is 6.07 Å². The summed E-state index contributed by atoms with van der Waals surface area (Å²) in [6.07, 6.45) is 0.749. The maximum atomic E-state index is 11.8. The third-order valence-electron chi connectivity index (χ3n) is 5.00. The molecule has 0 fully saturated rings. The van der Waals surface area contributed by atoms with Crippen LogP contribution in [0.15, 0.2) is 24.3 Å². The Hall–Kier alpha value is -2.89. The maximum Gasteiger partial charge on any atom is 0.219 e. The molecule has 3 rings (SSSR count). The van der Waals surface area contributed by atoms with Crippen molar-refractivity contribution in [1.82, 2.24) is 4.90 Å². The molecule has 0 bridgehead atoms. The minimum Gasteiger partial charge on any atom is -0.496 e. The topological polar surface area (TPSA) is 57.2 Å². The minimum atomic E-state index is 0.0849. The first kappa shape index (κ1) is 18.9. The quantitative estimate of drug-likeness (QED) is 0.807. The summed E-state index contributed by atoms with van der Waals surface area (Å²) >= 11 is 0. The van der Waals surface area contributed by atoms with Crippen molar-refractivity contribution in [2.24, 2.45) is 0 Å². The van der Waals surface area contributed by atoms with Crippen LogP contribution in [0.5, 0.6) is 23.0 Å². The molecule has 0 aliphatic carbocycles. The molecule has 0 N–H and O–H groups in total. The highest BCUT2D eigenvalue weighted by Gasteiger charge is 2.27. The van der Waals surface area contributed by atoms with Crippen molar-refractivity contribution in [1.29, 1.82) is 0 Å². The number of carbonyl (C=O) groups excluding carboxylic acids is 1. The van der Waals surface area contributed by atoms with Gasteiger partial charge >= 0.3 is 0 Å². The number of fused-ring (bicyclic) bond motifs is 1. The third kappa shape index (κ3) is 3.27. The van der Waals surface area contributed by atoms with Crippen LogP contribution in [0.4, 0.5) is 0 Å². The van der Waals surface area contributed by atoms with Crippen molar-refractivity contribution in [3.05, 3.63) is 35.4 Å². The highest BCUT2D eigenvalue weighted by molar-refractivity contribution is 5.84. The van der Waals surface area contributed by atoms with Gasteiger partial charge in [0.2, 0.25) is 11.7 Å². The van der Waals surface area contributed by atoms with Crippen molar-refractivity contribution >= 4 is 5.91 Å². The summed E-state index contributed by atoms with van der Waals surface area (Å²) in [7, 11) is 6.45. The van der Waals surface area contributed by atoms with E-state index in [4.69, 9.17) is 18.9 Å². The molecule has 0 saturated carbocycles. The van der Waals surface area contributed by atoms with E-state index in [-0.39, 0.29) is 5.91 Å². The molecule has 1 heterocycles. The number of ether oxygens (including phenoxy) is 4. The van der Waals surface area contributed by atoms with Crippen LogP contribution in [0.1, 0.15) is 18.1 Å². The summed E-state index contributed by atoms with van der Waals surface area (Å²) in [4.78, 5) is 13.6. The Kier molecular flexibility index (Phi) is 5.44. The van der Waals surface area contributed by atoms with E-state index in [2.05, 4.69) is 0 Å². The molecule has 0 atom stereocenters. The van der Waals surface area contributed by atoms with Crippen LogP contribution in [0.3, 0.4) is 0 Å². The van der Waals surface area contributed by atoms with Gasteiger partial charge in [0.1, 0.15) is 5.75 Å². The fourth-order valence-corrected chi connectivity index (χ4v) is 3.67. The number of carbonyl (C=O) groups is 1. The molecular formula is C21H25NO5. The zero-order valence-electron chi connectivity index (χ0n) is 16.4. The van der Waals surface area contributed by atoms with Crippen LogP contribution < -0.4 is 18.9 Å². The second kappa shape index (κ2) is 7.78. The smallest absolute Gasteiger partial charge is 0.219 e. The molecule has 27 heavy (non-hydrogen) atoms. The zero-order valence-corrected chi connectivity index (χ0v) is 16.4. The van der Waals surface area contributed by atoms with Gasteiger partial charge in [-0.3, -0.25) is 4.79 Å². The molecule has 0 unspecified atom stereocenters. The molecule has 1 aliphatic rings. The highest BCUT2D eigenvalue weighted by atomic mass is 16.5. The molecule has 6 heteroatoms. The number of hydrogen-bond donors (Lipinski definition) is 0. The Morgan fingerprint density at radius 1 is 0.889 bits per heavy atom. The van der Waals surface area contributed by atoms with Crippen LogP contribution in [0, 0.1) is 0 Å². The van der Waals surface area contributed by atoms with Crippen LogP contribution in [0.25, 0.3) is 11.1 Å². The average molecular weight is 371 g/mol. The maximum absolute atomic E-state index is 11.8. The van der Waals surface area contributed by atoms with Gasteiger partial charge in [0.25, 0.3) is 0 Å². The Balaban J connectivity index is 2.23. The Labute approximate surface area is 159 Å². The lowest BCUT2D eigenvalue weighted by Crippen LogP contribution is -2.34. The monoisotopic (exact) mass is 371 g/mol. The molecule has 2 aromatic rings. The predicted molar refractivity (Wildman–Crippen MR) is 103 cm³/mol. The van der Waals surface area contributed by atoms with E-state index in [9.17, 15) is 4.79 Å². The summed E-state index contributed by atoms with van der Waals surface area (Å²) in [6.45, 7) is 2.88. The van der Waals surface area contributed by atoms with Gasteiger partial charge in [0, 0.05) is 31.1 Å². The number of nitrogens with zero attached hydrogens (tertiary/aromatic N) is 1. The van der Waals surface area contributed by atoms with Crippen molar-refractivity contribution in [2.75, 3.05) is 35.0 Å². The first-order valence-electron chi connectivity index (χ1n) is 8.79. The minimum absolute atomic E-state index is 0.0849. The van der Waals surface area contributed by atoms with E-state index in [0.29, 0.717) is 30.3 Å². The lowest BCUT2D eigenvalue weighted by atomic mass is 9.89. The van der Waals surface area contributed by atoms with E-state index in [1.165, 1.54) is 0 Å². The Morgan fingerprint density at radius 3 is 2.15 bits per heavy atom. The lowest BCUT2D eigenvalue weighted by molar-refractivity contribution is -0.129. The van der Waals surface area contributed by atoms with Gasteiger partial charge < -0.3 is 23.8 Å². The predicted octanol–water partition coefficient (Wildman–Crippen LogP) is 3.29. The normalized spacial score (nSPS) is 13.0. The number of hydrogen-bond acceptors (Lipinski definition) is 5. The first-order valence-corrected chi connectivity index (χ1v) is 8.79. The van der Waals surface area contributed by atoms with Gasteiger partial charge in [-0.15, -0.1) is 0 Å². The standard InChI is InChI=1S/C21H25NO5/c1-13(23)22-11-10-15-14(12-22)6-8-17(24-2)19(15)16-7-9-18(25-3)21(27-5)20(16)26-4/h6-9H,10-12H2,1-5H3. The third-order valence-corrected chi connectivity index (χ3v) is 5.00. The Morgan fingerprint density at radius 2 is 1.56 bits per heavy atom. The van der Waals surface area contributed by atoms with Crippen molar-refractivity contribution in [3.8, 4) is 34.1 Å². The lowest BCUT2D eigenvalue weighted by Gasteiger charge is -2.30. The molecule has 2 aromatic carbocycles. The van der Waals surface area contributed by atoms with Gasteiger partial charge in [0.05, 0.1) is 28.4 Å². The second-order valence-corrected chi connectivity index (χ2v) is 6.35. The molecule has 6 nitrogen and oxygen atoms in total. The molecule has 0 spiro atoms. The SMILES string of the molecule is COc1ccc(-c2c(OC)ccc3c2CCN(C(C)=O)C3)c(OC)c1OC. The summed E-state index contributed by atoms with van der Waals surface area (Å²) in [5.41, 5.74) is 4.12. The zero-order chi connectivity index (χ0) is 19.6. The molecule has 1 amide bonds. The van der Waals surface area contributed by atoms with Crippen molar-refractivity contribution in [3.63, 3.8) is 0 Å².